The highest BCUT2D eigenvalue weighted by Gasteiger charge is 2.26. The first-order chi connectivity index (χ1) is 10.4. The van der Waals surface area contributed by atoms with E-state index in [4.69, 9.17) is 5.11 Å². The van der Waals surface area contributed by atoms with Crippen LogP contribution < -0.4 is 0 Å². The van der Waals surface area contributed by atoms with E-state index in [1.54, 1.807) is 24.5 Å². The third-order valence-corrected chi connectivity index (χ3v) is 5.19. The van der Waals surface area contributed by atoms with E-state index in [2.05, 4.69) is 4.98 Å². The van der Waals surface area contributed by atoms with E-state index in [9.17, 15) is 12.8 Å². The van der Waals surface area contributed by atoms with Crippen molar-refractivity contribution in [2.24, 2.45) is 0 Å². The standard InChI is InChI=1S/C15H17FN2O3S/c1-12-9-14(16)4-5-15(12)22(20,21)18(7-8-19)11-13-3-2-6-17-10-13/h2-6,9-10,19H,7-8,11H2,1H3. The molecule has 0 fully saturated rings. The molecule has 0 aliphatic heterocycles. The van der Waals surface area contributed by atoms with Gasteiger partial charge in [-0.3, -0.25) is 4.98 Å². The molecular weight excluding hydrogens is 307 g/mol. The number of hydrogen-bond acceptors (Lipinski definition) is 4. The molecule has 2 aromatic rings. The number of halogens is 1. The van der Waals surface area contributed by atoms with Gasteiger partial charge in [0.25, 0.3) is 0 Å². The van der Waals surface area contributed by atoms with Gasteiger partial charge in [0.1, 0.15) is 5.82 Å². The van der Waals surface area contributed by atoms with Crippen molar-refractivity contribution >= 4 is 10.0 Å². The lowest BCUT2D eigenvalue weighted by atomic mass is 10.2. The first-order valence-corrected chi connectivity index (χ1v) is 8.15. The number of nitrogens with zero attached hydrogens (tertiary/aromatic N) is 2. The summed E-state index contributed by atoms with van der Waals surface area (Å²) in [5.41, 5.74) is 1.04. The lowest BCUT2D eigenvalue weighted by Crippen LogP contribution is -2.33. The molecule has 1 aromatic heterocycles. The first kappa shape index (κ1) is 16.5. The molecule has 0 radical (unpaired) electrons. The Balaban J connectivity index is 2.37. The molecule has 0 atom stereocenters. The average Bonchev–Trinajstić information content (AvgIpc) is 2.47. The summed E-state index contributed by atoms with van der Waals surface area (Å²) < 4.78 is 39.8. The van der Waals surface area contributed by atoms with Crippen molar-refractivity contribution in [2.45, 2.75) is 18.4 Å². The van der Waals surface area contributed by atoms with E-state index < -0.39 is 15.8 Å². The van der Waals surface area contributed by atoms with Crippen molar-refractivity contribution in [1.82, 2.24) is 9.29 Å². The minimum atomic E-state index is -3.83. The highest BCUT2D eigenvalue weighted by molar-refractivity contribution is 7.89. The first-order valence-electron chi connectivity index (χ1n) is 6.71. The van der Waals surface area contributed by atoms with Gasteiger partial charge in [-0.2, -0.15) is 4.31 Å². The predicted molar refractivity (Wildman–Crippen MR) is 80.1 cm³/mol. The zero-order valence-electron chi connectivity index (χ0n) is 12.1. The van der Waals surface area contributed by atoms with Gasteiger partial charge in [0.15, 0.2) is 0 Å². The Labute approximate surface area is 129 Å². The zero-order chi connectivity index (χ0) is 16.2. The number of sulfonamides is 1. The molecule has 1 N–H and O–H groups in total. The molecule has 0 unspecified atom stereocenters. The van der Waals surface area contributed by atoms with Crippen LogP contribution in [0.15, 0.2) is 47.6 Å². The minimum absolute atomic E-state index is 0.0336. The smallest absolute Gasteiger partial charge is 0.243 e. The summed E-state index contributed by atoms with van der Waals surface area (Å²) >= 11 is 0. The molecule has 5 nitrogen and oxygen atoms in total. The lowest BCUT2D eigenvalue weighted by molar-refractivity contribution is 0.251. The molecule has 0 amide bonds. The van der Waals surface area contributed by atoms with Gasteiger partial charge in [-0.1, -0.05) is 6.07 Å². The van der Waals surface area contributed by atoms with Gasteiger partial charge in [0.2, 0.25) is 10.0 Å². The molecule has 7 heteroatoms. The highest BCUT2D eigenvalue weighted by atomic mass is 32.2. The van der Waals surface area contributed by atoms with Crippen LogP contribution in [0.25, 0.3) is 0 Å². The van der Waals surface area contributed by atoms with E-state index in [1.165, 1.54) is 19.1 Å². The van der Waals surface area contributed by atoms with Crippen molar-refractivity contribution in [3.8, 4) is 0 Å². The summed E-state index contributed by atoms with van der Waals surface area (Å²) in [5.74, 6) is -0.489. The molecule has 2 rings (SSSR count). The predicted octanol–water partition coefficient (Wildman–Crippen LogP) is 1.71. The summed E-state index contributed by atoms with van der Waals surface area (Å²) in [7, 11) is -3.83. The van der Waals surface area contributed by atoms with Gasteiger partial charge in [0.05, 0.1) is 11.5 Å². The average molecular weight is 324 g/mol. The normalized spacial score (nSPS) is 11.8. The maximum absolute atomic E-state index is 13.2. The number of pyridine rings is 1. The number of aryl methyl sites for hydroxylation is 1. The third kappa shape index (κ3) is 3.68. The number of aromatic nitrogens is 1. The fraction of sp³-hybridized carbons (Fsp3) is 0.267. The van der Waals surface area contributed by atoms with Crippen LogP contribution in [0.2, 0.25) is 0 Å². The van der Waals surface area contributed by atoms with Crippen LogP contribution in [0.4, 0.5) is 4.39 Å². The Kier molecular flexibility index (Phi) is 5.23. The molecule has 0 spiro atoms. The fourth-order valence-electron chi connectivity index (χ4n) is 2.13. The van der Waals surface area contributed by atoms with Crippen LogP contribution in [-0.2, 0) is 16.6 Å². The second-order valence-corrected chi connectivity index (χ2v) is 6.74. The van der Waals surface area contributed by atoms with Gasteiger partial charge < -0.3 is 5.11 Å². The van der Waals surface area contributed by atoms with Crippen molar-refractivity contribution in [3.63, 3.8) is 0 Å². The number of aliphatic hydroxyl groups excluding tert-OH is 1. The molecule has 0 saturated carbocycles. The quantitative estimate of drug-likeness (QED) is 0.878. The van der Waals surface area contributed by atoms with Gasteiger partial charge >= 0.3 is 0 Å². The van der Waals surface area contributed by atoms with Gasteiger partial charge in [-0.15, -0.1) is 0 Å². The van der Waals surface area contributed by atoms with Crippen LogP contribution in [0.1, 0.15) is 11.1 Å². The molecule has 0 saturated heterocycles. The summed E-state index contributed by atoms with van der Waals surface area (Å²) in [6.45, 7) is 1.28. The van der Waals surface area contributed by atoms with Gasteiger partial charge in [-0.05, 0) is 42.3 Å². The van der Waals surface area contributed by atoms with E-state index in [0.717, 1.165) is 10.4 Å². The van der Waals surface area contributed by atoms with Crippen molar-refractivity contribution in [1.29, 1.82) is 0 Å². The molecule has 118 valence electrons. The highest BCUT2D eigenvalue weighted by Crippen LogP contribution is 2.22. The monoisotopic (exact) mass is 324 g/mol. The van der Waals surface area contributed by atoms with Crippen molar-refractivity contribution in [2.75, 3.05) is 13.2 Å². The summed E-state index contributed by atoms with van der Waals surface area (Å²) in [5, 5.41) is 9.16. The van der Waals surface area contributed by atoms with E-state index in [-0.39, 0.29) is 24.6 Å². The summed E-state index contributed by atoms with van der Waals surface area (Å²) in [6, 6.07) is 7.00. The van der Waals surface area contributed by atoms with Crippen LogP contribution in [0, 0.1) is 12.7 Å². The second-order valence-electron chi connectivity index (χ2n) is 4.83. The lowest BCUT2D eigenvalue weighted by Gasteiger charge is -2.22. The van der Waals surface area contributed by atoms with E-state index in [0.29, 0.717) is 11.1 Å². The number of aliphatic hydroxyl groups is 1. The summed E-state index contributed by atoms with van der Waals surface area (Å²) in [6.07, 6.45) is 3.16. The molecule has 0 bridgehead atoms. The number of rotatable bonds is 6. The van der Waals surface area contributed by atoms with Crippen molar-refractivity contribution < 1.29 is 17.9 Å². The molecule has 1 aromatic carbocycles. The van der Waals surface area contributed by atoms with Crippen LogP contribution in [-0.4, -0.2) is 36.0 Å². The topological polar surface area (TPSA) is 70.5 Å². The molecule has 22 heavy (non-hydrogen) atoms. The SMILES string of the molecule is Cc1cc(F)ccc1S(=O)(=O)N(CCO)Cc1cccnc1. The Morgan fingerprint density at radius 3 is 2.68 bits per heavy atom. The Bertz CT molecular complexity index is 736. The molecule has 0 aliphatic carbocycles. The van der Waals surface area contributed by atoms with E-state index in [1.807, 2.05) is 0 Å². The van der Waals surface area contributed by atoms with Gasteiger partial charge in [-0.25, -0.2) is 12.8 Å². The zero-order valence-corrected chi connectivity index (χ0v) is 12.9. The van der Waals surface area contributed by atoms with Crippen LogP contribution >= 0.6 is 0 Å². The maximum atomic E-state index is 13.2. The number of hydrogen-bond donors (Lipinski definition) is 1. The second kappa shape index (κ2) is 6.95. The largest absolute Gasteiger partial charge is 0.395 e. The third-order valence-electron chi connectivity index (χ3n) is 3.19. The molecule has 1 heterocycles. The summed E-state index contributed by atoms with van der Waals surface area (Å²) in [4.78, 5) is 3.98. The maximum Gasteiger partial charge on any atom is 0.243 e. The molecule has 0 aliphatic rings. The fourth-order valence-corrected chi connectivity index (χ4v) is 3.76. The number of benzene rings is 1. The Morgan fingerprint density at radius 1 is 1.32 bits per heavy atom. The van der Waals surface area contributed by atoms with Crippen molar-refractivity contribution in [3.05, 3.63) is 59.7 Å². The molecular formula is C15H17FN2O3S. The van der Waals surface area contributed by atoms with Crippen LogP contribution in [0.3, 0.4) is 0 Å². The van der Waals surface area contributed by atoms with Crippen LogP contribution in [0.5, 0.6) is 0 Å². The van der Waals surface area contributed by atoms with Gasteiger partial charge in [0, 0.05) is 25.5 Å². The Hall–Kier alpha value is -1.83. The minimum Gasteiger partial charge on any atom is -0.395 e. The Morgan fingerprint density at radius 2 is 2.09 bits per heavy atom. The van der Waals surface area contributed by atoms with E-state index >= 15 is 0 Å².